The summed E-state index contributed by atoms with van der Waals surface area (Å²) in [6.07, 6.45) is 7.99. The van der Waals surface area contributed by atoms with Crippen molar-refractivity contribution in [2.24, 2.45) is 4.99 Å². The largest absolute Gasteiger partial charge is 0.354 e. The van der Waals surface area contributed by atoms with Gasteiger partial charge in [0.05, 0.1) is 11.6 Å². The monoisotopic (exact) mass is 467 g/mol. The van der Waals surface area contributed by atoms with Crippen LogP contribution in [0.1, 0.15) is 49.7 Å². The zero-order valence-electron chi connectivity index (χ0n) is 15.6. The molecule has 1 aliphatic heterocycles. The molecule has 0 aromatic heterocycles. The maximum absolute atomic E-state index is 8.86. The molecule has 0 unspecified atom stereocenters. The summed E-state index contributed by atoms with van der Waals surface area (Å²) < 4.78 is 0. The van der Waals surface area contributed by atoms with Gasteiger partial charge in [0.1, 0.15) is 0 Å². The number of likely N-dealkylation sites (tertiary alicyclic amines) is 1. The van der Waals surface area contributed by atoms with Gasteiger partial charge >= 0.3 is 0 Å². The van der Waals surface area contributed by atoms with Crippen LogP contribution in [0, 0.1) is 11.3 Å². The van der Waals surface area contributed by atoms with E-state index in [0.717, 1.165) is 17.6 Å². The normalized spacial score (nSPS) is 19.6. The SMILES string of the molecule is CN=C(NCc1ccc(C#N)cc1)NC1CCN(C2CCCC2)CC1.I. The maximum atomic E-state index is 8.86. The van der Waals surface area contributed by atoms with Crippen LogP contribution in [-0.2, 0) is 6.54 Å². The Morgan fingerprint density at radius 2 is 1.81 bits per heavy atom. The Balaban J connectivity index is 0.00000243. The summed E-state index contributed by atoms with van der Waals surface area (Å²) in [7, 11) is 1.82. The maximum Gasteiger partial charge on any atom is 0.191 e. The lowest BCUT2D eigenvalue weighted by molar-refractivity contribution is 0.150. The molecule has 1 saturated heterocycles. The molecule has 26 heavy (non-hydrogen) atoms. The quantitative estimate of drug-likeness (QED) is 0.406. The fraction of sp³-hybridized carbons (Fsp3) is 0.600. The fourth-order valence-corrected chi connectivity index (χ4v) is 3.95. The first-order valence-electron chi connectivity index (χ1n) is 9.49. The summed E-state index contributed by atoms with van der Waals surface area (Å²) in [6, 6.07) is 11.2. The molecule has 0 radical (unpaired) electrons. The molecule has 2 fully saturated rings. The van der Waals surface area contributed by atoms with Gasteiger partial charge in [-0.15, -0.1) is 24.0 Å². The van der Waals surface area contributed by atoms with Crippen LogP contribution in [0.15, 0.2) is 29.3 Å². The van der Waals surface area contributed by atoms with Gasteiger partial charge in [0, 0.05) is 38.8 Å². The van der Waals surface area contributed by atoms with Gasteiger partial charge in [0.25, 0.3) is 0 Å². The summed E-state index contributed by atoms with van der Waals surface area (Å²) in [5, 5.41) is 15.8. The number of benzene rings is 1. The van der Waals surface area contributed by atoms with E-state index in [2.05, 4.69) is 26.6 Å². The zero-order valence-corrected chi connectivity index (χ0v) is 17.9. The number of nitriles is 1. The Bertz CT molecular complexity index is 608. The molecule has 6 heteroatoms. The van der Waals surface area contributed by atoms with E-state index in [0.29, 0.717) is 18.2 Å². The Kier molecular flexibility index (Phi) is 8.66. The van der Waals surface area contributed by atoms with Crippen LogP contribution in [-0.4, -0.2) is 43.1 Å². The van der Waals surface area contributed by atoms with Gasteiger partial charge in [-0.05, 0) is 43.4 Å². The van der Waals surface area contributed by atoms with Crippen molar-refractivity contribution in [3.63, 3.8) is 0 Å². The molecule has 1 aromatic carbocycles. The van der Waals surface area contributed by atoms with Gasteiger partial charge in [-0.1, -0.05) is 25.0 Å². The van der Waals surface area contributed by atoms with Gasteiger partial charge in [-0.25, -0.2) is 0 Å². The summed E-state index contributed by atoms with van der Waals surface area (Å²) >= 11 is 0. The second kappa shape index (κ2) is 10.7. The number of nitrogens with zero attached hydrogens (tertiary/aromatic N) is 3. The van der Waals surface area contributed by atoms with E-state index >= 15 is 0 Å². The summed E-state index contributed by atoms with van der Waals surface area (Å²) in [5.74, 6) is 0.865. The lowest BCUT2D eigenvalue weighted by Crippen LogP contribution is -2.50. The highest BCUT2D eigenvalue weighted by molar-refractivity contribution is 14.0. The predicted molar refractivity (Wildman–Crippen MR) is 117 cm³/mol. The van der Waals surface area contributed by atoms with Crippen molar-refractivity contribution in [3.05, 3.63) is 35.4 Å². The highest BCUT2D eigenvalue weighted by Crippen LogP contribution is 2.26. The first kappa shape index (κ1) is 21.0. The van der Waals surface area contributed by atoms with Crippen molar-refractivity contribution < 1.29 is 0 Å². The molecular weight excluding hydrogens is 437 g/mol. The molecule has 3 rings (SSSR count). The van der Waals surface area contributed by atoms with E-state index in [1.54, 1.807) is 0 Å². The molecule has 1 aromatic rings. The van der Waals surface area contributed by atoms with Crippen molar-refractivity contribution >= 4 is 29.9 Å². The Labute approximate surface area is 174 Å². The molecule has 2 aliphatic rings. The number of hydrogen-bond acceptors (Lipinski definition) is 3. The van der Waals surface area contributed by atoms with E-state index in [9.17, 15) is 0 Å². The van der Waals surface area contributed by atoms with E-state index < -0.39 is 0 Å². The predicted octanol–water partition coefficient (Wildman–Crippen LogP) is 3.25. The standard InChI is InChI=1S/C20H29N5.HI/c1-22-20(23-15-17-8-6-16(14-21)7-9-17)24-18-10-12-25(13-11-18)19-4-2-3-5-19;/h6-9,18-19H,2-5,10-13,15H2,1H3,(H2,22,23,24);1H. The van der Waals surface area contributed by atoms with Crippen molar-refractivity contribution in [2.75, 3.05) is 20.1 Å². The van der Waals surface area contributed by atoms with Crippen LogP contribution in [0.3, 0.4) is 0 Å². The molecule has 1 aliphatic carbocycles. The van der Waals surface area contributed by atoms with E-state index in [4.69, 9.17) is 5.26 Å². The molecule has 5 nitrogen and oxygen atoms in total. The summed E-state index contributed by atoms with van der Waals surface area (Å²) in [4.78, 5) is 7.05. The first-order chi connectivity index (χ1) is 12.3. The number of nitrogens with one attached hydrogen (secondary N) is 2. The molecular formula is C20H30IN5. The minimum Gasteiger partial charge on any atom is -0.354 e. The molecule has 142 valence electrons. The van der Waals surface area contributed by atoms with Gasteiger partial charge < -0.3 is 15.5 Å². The van der Waals surface area contributed by atoms with Crippen molar-refractivity contribution in [1.82, 2.24) is 15.5 Å². The van der Waals surface area contributed by atoms with Crippen LogP contribution in [0.2, 0.25) is 0 Å². The van der Waals surface area contributed by atoms with Gasteiger partial charge in [-0.2, -0.15) is 5.26 Å². The van der Waals surface area contributed by atoms with Crippen LogP contribution in [0.25, 0.3) is 0 Å². The average Bonchev–Trinajstić information content (AvgIpc) is 3.21. The number of hydrogen-bond donors (Lipinski definition) is 2. The third-order valence-corrected chi connectivity index (χ3v) is 5.48. The van der Waals surface area contributed by atoms with Crippen molar-refractivity contribution in [3.8, 4) is 6.07 Å². The fourth-order valence-electron chi connectivity index (χ4n) is 3.95. The number of piperidine rings is 1. The lowest BCUT2D eigenvalue weighted by atomic mass is 10.0. The molecule has 1 saturated carbocycles. The molecule has 0 spiro atoms. The number of rotatable bonds is 4. The van der Waals surface area contributed by atoms with Crippen LogP contribution >= 0.6 is 24.0 Å². The second-order valence-electron chi connectivity index (χ2n) is 7.13. The zero-order chi connectivity index (χ0) is 17.5. The van der Waals surface area contributed by atoms with Gasteiger partial charge in [-0.3, -0.25) is 4.99 Å². The Morgan fingerprint density at radius 1 is 1.15 bits per heavy atom. The second-order valence-corrected chi connectivity index (χ2v) is 7.13. The lowest BCUT2D eigenvalue weighted by Gasteiger charge is -2.36. The van der Waals surface area contributed by atoms with Crippen molar-refractivity contribution in [1.29, 1.82) is 5.26 Å². The highest BCUT2D eigenvalue weighted by atomic mass is 127. The summed E-state index contributed by atoms with van der Waals surface area (Å²) in [5.41, 5.74) is 1.85. The van der Waals surface area contributed by atoms with Crippen LogP contribution in [0.4, 0.5) is 0 Å². The topological polar surface area (TPSA) is 63.5 Å². The molecule has 0 atom stereocenters. The van der Waals surface area contributed by atoms with Crippen LogP contribution in [0.5, 0.6) is 0 Å². The first-order valence-corrected chi connectivity index (χ1v) is 9.49. The Morgan fingerprint density at radius 3 is 2.38 bits per heavy atom. The highest BCUT2D eigenvalue weighted by Gasteiger charge is 2.27. The number of aliphatic imine (C=N–C) groups is 1. The smallest absolute Gasteiger partial charge is 0.191 e. The molecule has 2 N–H and O–H groups in total. The third-order valence-electron chi connectivity index (χ3n) is 5.48. The van der Waals surface area contributed by atoms with Gasteiger partial charge in [0.2, 0.25) is 0 Å². The van der Waals surface area contributed by atoms with Gasteiger partial charge in [0.15, 0.2) is 5.96 Å². The van der Waals surface area contributed by atoms with E-state index in [1.165, 1.54) is 51.6 Å². The molecule has 0 amide bonds. The van der Waals surface area contributed by atoms with Crippen LogP contribution < -0.4 is 10.6 Å². The Hall–Kier alpha value is -1.33. The summed E-state index contributed by atoms with van der Waals surface area (Å²) in [6.45, 7) is 3.12. The molecule has 0 bridgehead atoms. The van der Waals surface area contributed by atoms with E-state index in [-0.39, 0.29) is 24.0 Å². The third kappa shape index (κ3) is 5.85. The van der Waals surface area contributed by atoms with E-state index in [1.807, 2.05) is 31.3 Å². The minimum absolute atomic E-state index is 0. The molecule has 1 heterocycles. The number of guanidine groups is 1. The average molecular weight is 467 g/mol. The van der Waals surface area contributed by atoms with Crippen molar-refractivity contribution in [2.45, 2.75) is 57.2 Å². The minimum atomic E-state index is 0. The number of halogens is 1.